The molecular formula is C69H93N13O13. The fraction of sp³-hybridized carbons (Fsp3) is 0.551. The topological polar surface area (TPSA) is 310 Å². The number of hydrogen-bond acceptors (Lipinski definition) is 20. The summed E-state index contributed by atoms with van der Waals surface area (Å²) in [7, 11) is 0. The lowest BCUT2D eigenvalue weighted by Gasteiger charge is -2.40. The number of likely N-dealkylation sites (tertiary alicyclic amines) is 2. The van der Waals surface area contributed by atoms with Gasteiger partial charge in [0.2, 0.25) is 11.8 Å². The number of pyridine rings is 2. The van der Waals surface area contributed by atoms with Gasteiger partial charge in [-0.15, -0.1) is 0 Å². The van der Waals surface area contributed by atoms with E-state index in [1.54, 1.807) is 108 Å². The number of carbonyl (C=O) groups excluding carboxylic acids is 6. The van der Waals surface area contributed by atoms with Crippen LogP contribution in [0.3, 0.4) is 0 Å². The van der Waals surface area contributed by atoms with Crippen LogP contribution < -0.4 is 35.8 Å². The second-order valence-corrected chi connectivity index (χ2v) is 27.7. The van der Waals surface area contributed by atoms with Crippen molar-refractivity contribution in [2.45, 2.75) is 181 Å². The van der Waals surface area contributed by atoms with Gasteiger partial charge < -0.3 is 74.8 Å². The fourth-order valence-electron chi connectivity index (χ4n) is 12.6. The number of piperidine rings is 2. The van der Waals surface area contributed by atoms with Gasteiger partial charge in [-0.2, -0.15) is 0 Å². The van der Waals surface area contributed by atoms with E-state index in [1.807, 2.05) is 25.1 Å². The van der Waals surface area contributed by atoms with Crippen molar-refractivity contribution in [2.75, 3.05) is 85.9 Å². The molecule has 4 atom stereocenters. The molecular weight excluding hydrogens is 1220 g/mol. The highest BCUT2D eigenvalue weighted by Gasteiger charge is 2.40. The zero-order valence-electron chi connectivity index (χ0n) is 56.1. The minimum Gasteiger partial charge on any atom is -0.508 e. The van der Waals surface area contributed by atoms with Crippen LogP contribution in [0, 0.1) is 6.92 Å². The third kappa shape index (κ3) is 18.1. The van der Waals surface area contributed by atoms with Gasteiger partial charge in [-0.3, -0.25) is 29.0 Å². The van der Waals surface area contributed by atoms with Gasteiger partial charge >= 0.3 is 12.2 Å². The number of phenolic OH excluding ortho intramolecular Hbond substituents is 1. The van der Waals surface area contributed by atoms with Gasteiger partial charge in [0.25, 0.3) is 11.8 Å². The van der Waals surface area contributed by atoms with Crippen molar-refractivity contribution in [1.29, 1.82) is 0 Å². The van der Waals surface area contributed by atoms with Crippen molar-refractivity contribution in [3.63, 3.8) is 0 Å². The molecule has 6 aliphatic rings. The van der Waals surface area contributed by atoms with Crippen molar-refractivity contribution < 1.29 is 62.7 Å². The molecule has 0 aliphatic carbocycles. The normalized spacial score (nSPS) is 18.9. The van der Waals surface area contributed by atoms with Gasteiger partial charge in [0.05, 0.1) is 42.1 Å². The minimum absolute atomic E-state index is 0.0290. The number of aryl methyl sites for hydroxylation is 1. The number of aromatic nitrogens is 3. The molecule has 9 heterocycles. The summed E-state index contributed by atoms with van der Waals surface area (Å²) < 4.78 is 22.7. The Bertz CT molecular complexity index is 3570. The number of carbonyl (C=O) groups is 6. The Morgan fingerprint density at radius 2 is 1.04 bits per heavy atom. The van der Waals surface area contributed by atoms with E-state index in [0.717, 1.165) is 92.7 Å². The lowest BCUT2D eigenvalue weighted by atomic mass is 9.91. The van der Waals surface area contributed by atoms with Gasteiger partial charge in [0.15, 0.2) is 12.2 Å². The Kier molecular flexibility index (Phi) is 21.6. The number of oxazole rings is 1. The van der Waals surface area contributed by atoms with Crippen LogP contribution in [0.4, 0.5) is 32.9 Å². The predicted octanol–water partition coefficient (Wildman–Crippen LogP) is 6.92. The van der Waals surface area contributed by atoms with Crippen LogP contribution in [0.15, 0.2) is 71.5 Å². The van der Waals surface area contributed by atoms with Crippen LogP contribution in [0.1, 0.15) is 148 Å². The van der Waals surface area contributed by atoms with Gasteiger partial charge in [0, 0.05) is 104 Å². The molecule has 6 aliphatic heterocycles. The molecule has 26 nitrogen and oxygen atoms in total. The standard InChI is InChI=1S/C37H49N7O7.C32H44N6O6/c1-23-32(50-22-39-23)21-49-29-10-9-25-14-30(44(18-27(25)13-29)36(48)51-37(3,4)5)31(46)17-38-35(47)26-15-33(40-28-19-43(20-28)24(2)45)41-34(16-26)42-11-7-6-8-12-42;1-20(39)37-18-24(19-37)34-28-14-22(15-29(35-28)36-10-6-5-7-11-36)30(42)33-16-27(41)26-13-21-8-9-25(40)12-23(21)17-38(26)31(43)44-32(2,3)4/h9-10,13,15-16,22,28,30-31,46H,6-8,11-12,14,17-21H2,1-5H3,(H,38,47)(H,40,41);8-9,12,14-15,24,26-27,40-41H,5-7,10-11,13,16-19H2,1-4H3,(H,33,42)(H,34,35)/t30-,31+;26-,27+/m00/s1. The van der Waals surface area contributed by atoms with E-state index in [9.17, 15) is 44.1 Å². The number of benzene rings is 2. The van der Waals surface area contributed by atoms with E-state index in [2.05, 4.69) is 36.1 Å². The Balaban J connectivity index is 0.000000209. The number of anilines is 4. The summed E-state index contributed by atoms with van der Waals surface area (Å²) in [5.41, 5.74) is 3.63. The predicted molar refractivity (Wildman–Crippen MR) is 355 cm³/mol. The molecule has 4 saturated heterocycles. The molecule has 0 bridgehead atoms. The summed E-state index contributed by atoms with van der Waals surface area (Å²) >= 11 is 0. The number of rotatable bonds is 17. The molecule has 11 rings (SSSR count). The number of aliphatic hydroxyl groups excluding tert-OH is 2. The second kappa shape index (κ2) is 29.8. The molecule has 0 saturated carbocycles. The van der Waals surface area contributed by atoms with Crippen molar-refractivity contribution in [2.24, 2.45) is 0 Å². The number of ether oxygens (including phenoxy) is 3. The Morgan fingerprint density at radius 3 is 1.46 bits per heavy atom. The Hall–Kier alpha value is -8.91. The molecule has 3 aromatic heterocycles. The lowest BCUT2D eigenvalue weighted by molar-refractivity contribution is -0.133. The van der Waals surface area contributed by atoms with E-state index < -0.39 is 47.7 Å². The number of aliphatic hydroxyl groups is 2. The highest BCUT2D eigenvalue weighted by Crippen LogP contribution is 2.33. The minimum atomic E-state index is -1.09. The lowest BCUT2D eigenvalue weighted by Crippen LogP contribution is -2.56. The average molecular weight is 1310 g/mol. The van der Waals surface area contributed by atoms with Crippen LogP contribution in [-0.2, 0) is 51.6 Å². The van der Waals surface area contributed by atoms with Gasteiger partial charge in [0.1, 0.15) is 52.6 Å². The van der Waals surface area contributed by atoms with Gasteiger partial charge in [-0.05, 0) is 171 Å². The van der Waals surface area contributed by atoms with Crippen LogP contribution in [0.25, 0.3) is 0 Å². The molecule has 4 fully saturated rings. The van der Waals surface area contributed by atoms with Crippen LogP contribution in [-0.4, -0.2) is 199 Å². The van der Waals surface area contributed by atoms with Gasteiger partial charge in [-0.25, -0.2) is 24.5 Å². The van der Waals surface area contributed by atoms with E-state index >= 15 is 0 Å². The zero-order valence-corrected chi connectivity index (χ0v) is 56.1. The Labute approximate surface area is 555 Å². The van der Waals surface area contributed by atoms with E-state index in [-0.39, 0.29) is 74.2 Å². The number of phenols is 1. The van der Waals surface area contributed by atoms with Crippen molar-refractivity contribution in [1.82, 2.24) is 45.2 Å². The summed E-state index contributed by atoms with van der Waals surface area (Å²) in [6.45, 7) is 21.8. The maximum atomic E-state index is 13.7. The van der Waals surface area contributed by atoms with E-state index in [0.29, 0.717) is 84.9 Å². The van der Waals surface area contributed by atoms with Crippen LogP contribution in [0.2, 0.25) is 0 Å². The quantitative estimate of drug-likeness (QED) is 0.0497. The average Bonchev–Trinajstić information content (AvgIpc) is 1.35. The van der Waals surface area contributed by atoms with Crippen LogP contribution >= 0.6 is 0 Å². The first-order chi connectivity index (χ1) is 45.2. The first-order valence-electron chi connectivity index (χ1n) is 33.1. The largest absolute Gasteiger partial charge is 0.508 e. The van der Waals surface area contributed by atoms with E-state index in [1.165, 1.54) is 16.2 Å². The third-order valence-electron chi connectivity index (χ3n) is 17.9. The van der Waals surface area contributed by atoms with Crippen molar-refractivity contribution in [3.05, 3.63) is 112 Å². The summed E-state index contributed by atoms with van der Waals surface area (Å²) in [5, 5.41) is 45.4. The summed E-state index contributed by atoms with van der Waals surface area (Å²) in [4.78, 5) is 102. The zero-order chi connectivity index (χ0) is 67.9. The SMILES string of the molecule is CC(=O)N1CC(Nc2cc(C(=O)NC[C@@H](O)[C@@H]3Cc4ccc(O)cc4CN3C(=O)OC(C)(C)C)cc(N3CCCCC3)n2)C1.CC(=O)N1CC(Nc2cc(C(=O)NC[C@@H](O)[C@@H]3Cc4ccc(OCc5ocnc5C)cc4CN3C(=O)OC(C)(C)C)cc(N3CCCCC3)n2)C1. The van der Waals surface area contributed by atoms with E-state index in [4.69, 9.17) is 28.6 Å². The maximum Gasteiger partial charge on any atom is 0.410 e. The highest BCUT2D eigenvalue weighted by molar-refractivity contribution is 5.96. The molecule has 5 aromatic rings. The monoisotopic (exact) mass is 1310 g/mol. The Morgan fingerprint density at radius 1 is 0.600 bits per heavy atom. The maximum absolute atomic E-state index is 13.7. The molecule has 2 aromatic carbocycles. The van der Waals surface area contributed by atoms with Crippen LogP contribution in [0.5, 0.6) is 11.5 Å². The fourth-order valence-corrected chi connectivity index (χ4v) is 12.6. The number of amides is 6. The number of fused-ring (bicyclic) bond motifs is 2. The number of hydrogen-bond donors (Lipinski definition) is 7. The number of nitrogens with zero attached hydrogens (tertiary/aromatic N) is 9. The molecule has 7 N–H and O–H groups in total. The first-order valence-corrected chi connectivity index (χ1v) is 33.1. The summed E-state index contributed by atoms with van der Waals surface area (Å²) in [5.74, 6) is 3.24. The number of aromatic hydroxyl groups is 1. The summed E-state index contributed by atoms with van der Waals surface area (Å²) in [6, 6.07) is 16.4. The smallest absolute Gasteiger partial charge is 0.410 e. The molecule has 0 spiro atoms. The third-order valence-corrected chi connectivity index (χ3v) is 17.9. The molecule has 0 unspecified atom stereocenters. The summed E-state index contributed by atoms with van der Waals surface area (Å²) in [6.07, 6.45) is 5.33. The first kappa shape index (κ1) is 68.9. The molecule has 512 valence electrons. The molecule has 0 radical (unpaired) electrons. The molecule has 26 heteroatoms. The molecule has 95 heavy (non-hydrogen) atoms. The van der Waals surface area contributed by atoms with Crippen molar-refractivity contribution in [3.8, 4) is 11.5 Å². The second-order valence-electron chi connectivity index (χ2n) is 27.7. The number of nitrogens with one attached hydrogen (secondary N) is 4. The molecule has 6 amide bonds. The highest BCUT2D eigenvalue weighted by atomic mass is 16.6. The van der Waals surface area contributed by atoms with Crippen molar-refractivity contribution >= 4 is 59.1 Å². The van der Waals surface area contributed by atoms with Gasteiger partial charge in [-0.1, -0.05) is 12.1 Å².